The summed E-state index contributed by atoms with van der Waals surface area (Å²) in [5, 5.41) is 3.53. The lowest BCUT2D eigenvalue weighted by Gasteiger charge is -2.23. The maximum Gasteiger partial charge on any atom is 0.243 e. The number of nitrogens with zero attached hydrogens (tertiary/aromatic N) is 1. The largest absolute Gasteiger partial charge is 0.354 e. The third kappa shape index (κ3) is 1.83. The van der Waals surface area contributed by atoms with Crippen molar-refractivity contribution >= 4 is 40.8 Å². The smallest absolute Gasteiger partial charge is 0.243 e. The Morgan fingerprint density at radius 2 is 2.28 bits per heavy atom. The minimum absolute atomic E-state index is 0.0354. The first kappa shape index (κ1) is 11.7. The summed E-state index contributed by atoms with van der Waals surface area (Å²) < 4.78 is 2.45. The maximum absolute atomic E-state index is 11.9. The average Bonchev–Trinajstić information content (AvgIpc) is 2.65. The van der Waals surface area contributed by atoms with E-state index in [-0.39, 0.29) is 11.9 Å². The molecule has 1 aliphatic rings. The van der Waals surface area contributed by atoms with Gasteiger partial charge in [-0.15, -0.1) is 0 Å². The van der Waals surface area contributed by atoms with Crippen molar-refractivity contribution in [2.45, 2.75) is 18.9 Å². The normalized spacial score (nSPS) is 20.1. The van der Waals surface area contributed by atoms with E-state index in [2.05, 4.69) is 10.3 Å². The first-order valence-electron chi connectivity index (χ1n) is 5.84. The molecule has 18 heavy (non-hydrogen) atoms. The van der Waals surface area contributed by atoms with Gasteiger partial charge in [-0.05, 0) is 43.3 Å². The number of imidazole rings is 1. The molecule has 0 bridgehead atoms. The summed E-state index contributed by atoms with van der Waals surface area (Å²) in [7, 11) is 0. The molecule has 1 unspecified atom stereocenters. The van der Waals surface area contributed by atoms with E-state index in [1.807, 2.05) is 22.8 Å². The molecule has 6 heteroatoms. The number of benzene rings is 1. The van der Waals surface area contributed by atoms with Crippen molar-refractivity contribution in [1.82, 2.24) is 14.9 Å². The average molecular weight is 282 g/mol. The van der Waals surface area contributed by atoms with Crippen molar-refractivity contribution in [2.24, 2.45) is 0 Å². The van der Waals surface area contributed by atoms with Crippen LogP contribution in [0.3, 0.4) is 0 Å². The van der Waals surface area contributed by atoms with Crippen molar-refractivity contribution in [3.05, 3.63) is 28.0 Å². The summed E-state index contributed by atoms with van der Waals surface area (Å²) in [5.41, 5.74) is 1.79. The quantitative estimate of drug-likeness (QED) is 0.790. The van der Waals surface area contributed by atoms with Crippen molar-refractivity contribution in [2.75, 3.05) is 6.54 Å². The Morgan fingerprint density at radius 3 is 3.06 bits per heavy atom. The van der Waals surface area contributed by atoms with Crippen LogP contribution >= 0.6 is 23.8 Å². The van der Waals surface area contributed by atoms with E-state index in [0.717, 1.165) is 30.4 Å². The SMILES string of the molecule is O=C1NCCCC1n1c(=S)[nH]c2cc(Cl)ccc21. The molecule has 1 fully saturated rings. The first-order valence-corrected chi connectivity index (χ1v) is 6.63. The summed E-state index contributed by atoms with van der Waals surface area (Å²) in [4.78, 5) is 15.0. The molecule has 2 N–H and O–H groups in total. The van der Waals surface area contributed by atoms with E-state index in [0.29, 0.717) is 9.79 Å². The third-order valence-corrected chi connectivity index (χ3v) is 3.78. The Morgan fingerprint density at radius 1 is 1.44 bits per heavy atom. The molecule has 4 nitrogen and oxygen atoms in total. The number of piperidine rings is 1. The number of aromatic nitrogens is 2. The zero-order valence-electron chi connectivity index (χ0n) is 9.57. The second-order valence-corrected chi connectivity index (χ2v) is 5.23. The minimum Gasteiger partial charge on any atom is -0.354 e. The van der Waals surface area contributed by atoms with E-state index in [1.54, 1.807) is 0 Å². The Bertz CT molecular complexity index is 676. The number of halogens is 1. The molecule has 0 radical (unpaired) electrons. The molecule has 0 aliphatic carbocycles. The van der Waals surface area contributed by atoms with E-state index >= 15 is 0 Å². The molecule has 1 atom stereocenters. The van der Waals surface area contributed by atoms with Gasteiger partial charge < -0.3 is 14.9 Å². The summed E-state index contributed by atoms with van der Waals surface area (Å²) >= 11 is 11.3. The van der Waals surface area contributed by atoms with Crippen LogP contribution in [0, 0.1) is 4.77 Å². The number of hydrogen-bond acceptors (Lipinski definition) is 2. The van der Waals surface area contributed by atoms with E-state index in [1.165, 1.54) is 0 Å². The molecule has 2 heterocycles. The van der Waals surface area contributed by atoms with Gasteiger partial charge in [-0.1, -0.05) is 11.6 Å². The molecule has 0 spiro atoms. The number of carbonyl (C=O) groups excluding carboxylic acids is 1. The molecular formula is C12H12ClN3OS. The van der Waals surface area contributed by atoms with Gasteiger partial charge in [-0.2, -0.15) is 0 Å². The molecule has 0 saturated carbocycles. The fourth-order valence-electron chi connectivity index (χ4n) is 2.41. The van der Waals surface area contributed by atoms with Gasteiger partial charge in [0.25, 0.3) is 0 Å². The highest BCUT2D eigenvalue weighted by molar-refractivity contribution is 7.71. The van der Waals surface area contributed by atoms with Crippen molar-refractivity contribution < 1.29 is 4.79 Å². The van der Waals surface area contributed by atoms with Crippen LogP contribution in [-0.4, -0.2) is 22.0 Å². The topological polar surface area (TPSA) is 49.8 Å². The van der Waals surface area contributed by atoms with Crippen LogP contribution in [0.2, 0.25) is 5.02 Å². The van der Waals surface area contributed by atoms with Gasteiger partial charge in [0, 0.05) is 11.6 Å². The zero-order chi connectivity index (χ0) is 12.7. The van der Waals surface area contributed by atoms with Gasteiger partial charge in [0.1, 0.15) is 6.04 Å². The summed E-state index contributed by atoms with van der Waals surface area (Å²) in [6.45, 7) is 0.747. The van der Waals surface area contributed by atoms with Crippen LogP contribution in [0.25, 0.3) is 11.0 Å². The lowest BCUT2D eigenvalue weighted by atomic mass is 10.1. The Hall–Kier alpha value is -1.33. The number of rotatable bonds is 1. The number of nitrogens with one attached hydrogen (secondary N) is 2. The molecule has 1 aromatic carbocycles. The molecule has 2 aromatic rings. The summed E-state index contributed by atoms with van der Waals surface area (Å²) in [6.07, 6.45) is 1.79. The highest BCUT2D eigenvalue weighted by atomic mass is 35.5. The Labute approximate surface area is 114 Å². The van der Waals surface area contributed by atoms with Crippen molar-refractivity contribution in [3.63, 3.8) is 0 Å². The van der Waals surface area contributed by atoms with Crippen LogP contribution < -0.4 is 5.32 Å². The van der Waals surface area contributed by atoms with Crippen LogP contribution in [-0.2, 0) is 4.79 Å². The fourth-order valence-corrected chi connectivity index (χ4v) is 2.92. The third-order valence-electron chi connectivity index (χ3n) is 3.25. The van der Waals surface area contributed by atoms with E-state index in [9.17, 15) is 4.79 Å². The Balaban J connectivity index is 2.19. The summed E-state index contributed by atoms with van der Waals surface area (Å²) in [5.74, 6) is 0.0354. The first-order chi connectivity index (χ1) is 8.66. The van der Waals surface area contributed by atoms with Crippen LogP contribution in [0.1, 0.15) is 18.9 Å². The molecular weight excluding hydrogens is 270 g/mol. The number of aromatic amines is 1. The van der Waals surface area contributed by atoms with E-state index < -0.39 is 0 Å². The second-order valence-electron chi connectivity index (χ2n) is 4.41. The molecule has 1 aromatic heterocycles. The number of carbonyl (C=O) groups is 1. The highest BCUT2D eigenvalue weighted by Gasteiger charge is 2.25. The predicted molar refractivity (Wildman–Crippen MR) is 73.4 cm³/mol. The highest BCUT2D eigenvalue weighted by Crippen LogP contribution is 2.26. The molecule has 3 rings (SSSR count). The molecule has 1 amide bonds. The summed E-state index contributed by atoms with van der Waals surface area (Å²) in [6, 6.07) is 5.31. The minimum atomic E-state index is -0.221. The zero-order valence-corrected chi connectivity index (χ0v) is 11.1. The van der Waals surface area contributed by atoms with Crippen molar-refractivity contribution in [3.8, 4) is 0 Å². The number of H-pyrrole nitrogens is 1. The van der Waals surface area contributed by atoms with Gasteiger partial charge in [0.2, 0.25) is 5.91 Å². The molecule has 94 valence electrons. The van der Waals surface area contributed by atoms with Gasteiger partial charge in [0.15, 0.2) is 4.77 Å². The standard InChI is InChI=1S/C12H12ClN3OS/c13-7-3-4-9-8(6-7)15-12(18)16(9)10-2-1-5-14-11(10)17/h3-4,6,10H,1-2,5H2,(H,14,17)(H,15,18). The number of fused-ring (bicyclic) bond motifs is 1. The lowest BCUT2D eigenvalue weighted by Crippen LogP contribution is -2.37. The second kappa shape index (κ2) is 4.40. The maximum atomic E-state index is 11.9. The van der Waals surface area contributed by atoms with E-state index in [4.69, 9.17) is 23.8 Å². The number of hydrogen-bond donors (Lipinski definition) is 2. The molecule has 1 aliphatic heterocycles. The van der Waals surface area contributed by atoms with Crippen molar-refractivity contribution in [1.29, 1.82) is 0 Å². The Kier molecular flexibility index (Phi) is 2.87. The van der Waals surface area contributed by atoms with Crippen LogP contribution in [0.15, 0.2) is 18.2 Å². The van der Waals surface area contributed by atoms with Gasteiger partial charge in [-0.3, -0.25) is 4.79 Å². The predicted octanol–water partition coefficient (Wildman–Crippen LogP) is 2.80. The monoisotopic (exact) mass is 281 g/mol. The lowest BCUT2D eigenvalue weighted by molar-refractivity contribution is -0.125. The van der Waals surface area contributed by atoms with Gasteiger partial charge in [0.05, 0.1) is 11.0 Å². The van der Waals surface area contributed by atoms with Crippen LogP contribution in [0.4, 0.5) is 0 Å². The molecule has 1 saturated heterocycles. The van der Waals surface area contributed by atoms with Gasteiger partial charge in [-0.25, -0.2) is 0 Å². The van der Waals surface area contributed by atoms with Gasteiger partial charge >= 0.3 is 0 Å². The fraction of sp³-hybridized carbons (Fsp3) is 0.333. The van der Waals surface area contributed by atoms with Crippen LogP contribution in [0.5, 0.6) is 0 Å². The number of amides is 1.